The Bertz CT molecular complexity index is 967. The van der Waals surface area contributed by atoms with Crippen LogP contribution in [0.1, 0.15) is 18.3 Å². The van der Waals surface area contributed by atoms with Crippen molar-refractivity contribution in [3.05, 3.63) is 48.2 Å². The van der Waals surface area contributed by atoms with Crippen LogP contribution < -0.4 is 16.4 Å². The molecule has 1 aromatic carbocycles. The molecule has 0 saturated heterocycles. The topological polar surface area (TPSA) is 119 Å². The minimum atomic E-state index is 0.592. The molecular formula is C18H23N9S. The van der Waals surface area contributed by atoms with E-state index in [-0.39, 0.29) is 0 Å². The summed E-state index contributed by atoms with van der Waals surface area (Å²) in [6.45, 7) is 4.62. The predicted molar refractivity (Wildman–Crippen MR) is 114 cm³/mol. The van der Waals surface area contributed by atoms with Crippen molar-refractivity contribution in [2.45, 2.75) is 19.6 Å². The summed E-state index contributed by atoms with van der Waals surface area (Å²) in [7, 11) is 1.72. The molecule has 0 bridgehead atoms. The molecule has 0 saturated carbocycles. The maximum atomic E-state index is 6.09. The summed E-state index contributed by atoms with van der Waals surface area (Å²) in [5, 5.41) is 10.7. The lowest BCUT2D eigenvalue weighted by atomic mass is 10.2. The highest BCUT2D eigenvalue weighted by molar-refractivity contribution is 7.97. The van der Waals surface area contributed by atoms with E-state index in [1.54, 1.807) is 11.1 Å². The number of anilines is 2. The number of benzene rings is 1. The van der Waals surface area contributed by atoms with E-state index in [2.05, 4.69) is 35.7 Å². The molecule has 2 aromatic heterocycles. The molecule has 0 spiro atoms. The second-order valence-corrected chi connectivity index (χ2v) is 6.73. The van der Waals surface area contributed by atoms with Crippen LogP contribution >= 0.6 is 11.9 Å². The summed E-state index contributed by atoms with van der Waals surface area (Å²) in [6, 6.07) is 7.60. The number of nitrogens with two attached hydrogens (primary N) is 1. The van der Waals surface area contributed by atoms with Gasteiger partial charge in [-0.2, -0.15) is 4.09 Å². The fourth-order valence-electron chi connectivity index (χ4n) is 2.50. The fraction of sp³-hybridized carbons (Fsp3) is 0.278. The quantitative estimate of drug-likeness (QED) is 0.329. The van der Waals surface area contributed by atoms with Gasteiger partial charge in [-0.1, -0.05) is 12.1 Å². The molecule has 3 aromatic rings. The zero-order valence-electron chi connectivity index (χ0n) is 16.0. The molecule has 9 nitrogen and oxygen atoms in total. The van der Waals surface area contributed by atoms with Crippen molar-refractivity contribution >= 4 is 29.4 Å². The van der Waals surface area contributed by atoms with E-state index in [0.29, 0.717) is 34.9 Å². The fourth-order valence-corrected chi connectivity index (χ4v) is 3.35. The molecule has 28 heavy (non-hydrogen) atoms. The Balaban J connectivity index is 1.81. The molecule has 0 aliphatic rings. The molecule has 3 rings (SSSR count). The third-order valence-electron chi connectivity index (χ3n) is 3.85. The van der Waals surface area contributed by atoms with Crippen molar-refractivity contribution in [3.8, 4) is 11.4 Å². The molecular weight excluding hydrogens is 374 g/mol. The smallest absolute Gasteiger partial charge is 0.196 e. The average Bonchev–Trinajstić information content (AvgIpc) is 3.15. The van der Waals surface area contributed by atoms with E-state index in [1.807, 2.05) is 44.3 Å². The summed E-state index contributed by atoms with van der Waals surface area (Å²) >= 11 is 1.49. The Hall–Kier alpha value is -3.14. The normalized spacial score (nSPS) is 11.5. The summed E-state index contributed by atoms with van der Waals surface area (Å²) < 4.78 is 1.76. The average molecular weight is 398 g/mol. The van der Waals surface area contributed by atoms with E-state index in [0.717, 1.165) is 17.7 Å². The number of aliphatic imine (C=N–C) groups is 1. The number of rotatable bonds is 6. The van der Waals surface area contributed by atoms with Gasteiger partial charge in [-0.25, -0.2) is 15.0 Å². The van der Waals surface area contributed by atoms with Crippen molar-refractivity contribution in [2.24, 2.45) is 4.99 Å². The molecule has 10 heteroatoms. The number of guanidine groups is 1. The molecule has 0 unspecified atom stereocenters. The van der Waals surface area contributed by atoms with E-state index >= 15 is 0 Å². The predicted octanol–water partition coefficient (Wildman–Crippen LogP) is 2.33. The first kappa shape index (κ1) is 19.6. The van der Waals surface area contributed by atoms with Crippen LogP contribution in [0.4, 0.5) is 11.5 Å². The number of aromatic nitrogens is 5. The van der Waals surface area contributed by atoms with Gasteiger partial charge >= 0.3 is 0 Å². The number of nitrogens with zero attached hydrogens (tertiary/aromatic N) is 6. The number of nitrogens with one attached hydrogen (secondary N) is 2. The second kappa shape index (κ2) is 9.18. The molecule has 0 aliphatic carbocycles. The molecule has 0 radical (unpaired) electrons. The van der Waals surface area contributed by atoms with Crippen LogP contribution in [-0.2, 0) is 5.75 Å². The third-order valence-corrected chi connectivity index (χ3v) is 4.80. The van der Waals surface area contributed by atoms with E-state index in [1.165, 1.54) is 18.3 Å². The van der Waals surface area contributed by atoms with Crippen LogP contribution in [0.5, 0.6) is 0 Å². The van der Waals surface area contributed by atoms with Crippen molar-refractivity contribution in [2.75, 3.05) is 24.6 Å². The van der Waals surface area contributed by atoms with Crippen LogP contribution in [0.25, 0.3) is 11.4 Å². The van der Waals surface area contributed by atoms with Gasteiger partial charge in [0.15, 0.2) is 11.8 Å². The van der Waals surface area contributed by atoms with Crippen molar-refractivity contribution in [1.29, 1.82) is 0 Å². The molecule has 0 amide bonds. The van der Waals surface area contributed by atoms with Crippen molar-refractivity contribution in [3.63, 3.8) is 0 Å². The highest BCUT2D eigenvalue weighted by atomic mass is 32.2. The van der Waals surface area contributed by atoms with E-state index < -0.39 is 0 Å². The maximum absolute atomic E-state index is 6.09. The molecule has 0 atom stereocenters. The minimum Gasteiger partial charge on any atom is -0.398 e. The first-order chi connectivity index (χ1) is 13.6. The van der Waals surface area contributed by atoms with Crippen LogP contribution in [0, 0.1) is 6.92 Å². The van der Waals surface area contributed by atoms with Gasteiger partial charge in [-0.15, -0.1) is 5.10 Å². The van der Waals surface area contributed by atoms with Crippen LogP contribution in [-0.4, -0.2) is 43.7 Å². The largest absolute Gasteiger partial charge is 0.398 e. The number of nitrogen functional groups attached to an aromatic ring is 1. The zero-order valence-corrected chi connectivity index (χ0v) is 16.9. The SMILES string of the molecule is CCNC(=NC)Nc1nc(C)ncc1CSn1ncnc1-c1ccccc1N. The lowest BCUT2D eigenvalue weighted by Gasteiger charge is -2.14. The van der Waals surface area contributed by atoms with Gasteiger partial charge in [0.2, 0.25) is 0 Å². The Morgan fingerprint density at radius 2 is 2.11 bits per heavy atom. The van der Waals surface area contributed by atoms with Crippen molar-refractivity contribution in [1.82, 2.24) is 29.5 Å². The van der Waals surface area contributed by atoms with Gasteiger partial charge in [0.1, 0.15) is 18.0 Å². The molecule has 2 heterocycles. The van der Waals surface area contributed by atoms with Crippen LogP contribution in [0.15, 0.2) is 41.8 Å². The molecule has 0 aliphatic heterocycles. The lowest BCUT2D eigenvalue weighted by molar-refractivity contribution is 0.951. The molecule has 0 fully saturated rings. The summed E-state index contributed by atoms with van der Waals surface area (Å²) in [4.78, 5) is 17.4. The zero-order chi connectivity index (χ0) is 19.9. The van der Waals surface area contributed by atoms with Crippen molar-refractivity contribution < 1.29 is 0 Å². The number of hydrogen-bond donors (Lipinski definition) is 3. The van der Waals surface area contributed by atoms with Gasteiger partial charge in [0.05, 0.1) is 0 Å². The van der Waals surface area contributed by atoms with Gasteiger partial charge < -0.3 is 16.4 Å². The summed E-state index contributed by atoms with van der Waals surface area (Å²) in [5.74, 6) is 3.35. The highest BCUT2D eigenvalue weighted by Gasteiger charge is 2.13. The van der Waals surface area contributed by atoms with E-state index in [4.69, 9.17) is 5.73 Å². The monoisotopic (exact) mass is 397 g/mol. The Kier molecular flexibility index (Phi) is 6.43. The first-order valence-corrected chi connectivity index (χ1v) is 9.75. The molecule has 4 N–H and O–H groups in total. The van der Waals surface area contributed by atoms with Gasteiger partial charge in [-0.3, -0.25) is 4.99 Å². The van der Waals surface area contributed by atoms with E-state index in [9.17, 15) is 0 Å². The minimum absolute atomic E-state index is 0.592. The Morgan fingerprint density at radius 3 is 2.86 bits per heavy atom. The Morgan fingerprint density at radius 1 is 1.29 bits per heavy atom. The molecule has 146 valence electrons. The van der Waals surface area contributed by atoms with Crippen LogP contribution in [0.3, 0.4) is 0 Å². The summed E-state index contributed by atoms with van der Waals surface area (Å²) in [5.41, 5.74) is 8.52. The third kappa shape index (κ3) is 4.58. The Labute approximate surface area is 168 Å². The first-order valence-electron chi connectivity index (χ1n) is 8.80. The second-order valence-electron chi connectivity index (χ2n) is 5.84. The van der Waals surface area contributed by atoms with Gasteiger partial charge in [-0.05, 0) is 37.9 Å². The highest BCUT2D eigenvalue weighted by Crippen LogP contribution is 2.28. The number of hydrogen-bond acceptors (Lipinski definition) is 7. The summed E-state index contributed by atoms with van der Waals surface area (Å²) in [6.07, 6.45) is 3.33. The number of aryl methyl sites for hydroxylation is 1. The maximum Gasteiger partial charge on any atom is 0.196 e. The number of para-hydroxylation sites is 1. The van der Waals surface area contributed by atoms with Crippen LogP contribution in [0.2, 0.25) is 0 Å². The lowest BCUT2D eigenvalue weighted by Crippen LogP contribution is -2.31. The van der Waals surface area contributed by atoms with Gasteiger partial charge in [0.25, 0.3) is 0 Å². The van der Waals surface area contributed by atoms with Gasteiger partial charge in [0, 0.05) is 42.4 Å². The standard InChI is InChI=1S/C18H23N9S/c1-4-21-18(20-3)26-16-13(9-22-12(2)25-16)10-28-27-17(23-11-24-27)14-7-5-6-8-15(14)19/h5-9,11H,4,10,19H2,1-3H3,(H2,20,21,22,25,26).